The molecule has 2 nitrogen and oxygen atoms in total. The predicted molar refractivity (Wildman–Crippen MR) is 141 cm³/mol. The molecule has 4 rings (SSSR count). The van der Waals surface area contributed by atoms with Gasteiger partial charge in [-0.15, -0.1) is 0 Å². The molecule has 2 N–H and O–H groups in total. The Hall–Kier alpha value is -2.64. The Morgan fingerprint density at radius 2 is 1.22 bits per heavy atom. The van der Waals surface area contributed by atoms with Crippen LogP contribution in [0.15, 0.2) is 78.9 Å². The van der Waals surface area contributed by atoms with Crippen molar-refractivity contribution in [1.82, 2.24) is 5.32 Å². The molecular weight excluding hydrogens is 529 g/mol. The number of alkyl halides is 6. The maximum Gasteiger partial charge on any atom is 0.416 e. The number of anilines is 1. The van der Waals surface area contributed by atoms with Gasteiger partial charge < -0.3 is 10.6 Å². The van der Waals surface area contributed by atoms with Gasteiger partial charge in [0.1, 0.15) is 0 Å². The van der Waals surface area contributed by atoms with Crippen LogP contribution in [0.25, 0.3) is 0 Å². The second-order valence-electron chi connectivity index (χ2n) is 8.89. The number of nitrogens with one attached hydrogen (secondary N) is 2. The molecule has 1 fully saturated rings. The van der Waals surface area contributed by atoms with E-state index < -0.39 is 31.4 Å². The molecule has 0 unspecified atom stereocenters. The van der Waals surface area contributed by atoms with E-state index in [-0.39, 0.29) is 28.6 Å². The number of hydrogen-bond acceptors (Lipinski definition) is 1. The zero-order chi connectivity index (χ0) is 26.6. The lowest BCUT2D eigenvalue weighted by atomic mass is 9.95. The van der Waals surface area contributed by atoms with Crippen molar-refractivity contribution in [2.45, 2.75) is 49.7 Å². The van der Waals surface area contributed by atoms with Gasteiger partial charge >= 0.3 is 12.4 Å². The Morgan fingerprint density at radius 1 is 0.730 bits per heavy atom. The molecule has 0 radical (unpaired) electrons. The maximum atomic E-state index is 13.3. The second kappa shape index (κ2) is 11.4. The first-order chi connectivity index (χ1) is 17.5. The fraction of sp³-hybridized carbons (Fsp3) is 0.296. The van der Waals surface area contributed by atoms with E-state index >= 15 is 0 Å². The monoisotopic (exact) mass is 554 g/mol. The van der Waals surface area contributed by atoms with Gasteiger partial charge in [0.15, 0.2) is 5.11 Å². The average molecular weight is 555 g/mol. The molecule has 1 aliphatic carbocycles. The van der Waals surface area contributed by atoms with Gasteiger partial charge in [0.2, 0.25) is 0 Å². The summed E-state index contributed by atoms with van der Waals surface area (Å²) in [4.78, 5) is 0. The van der Waals surface area contributed by atoms with Crippen LogP contribution in [0.1, 0.15) is 36.8 Å². The van der Waals surface area contributed by atoms with Gasteiger partial charge in [0.05, 0.1) is 11.1 Å². The zero-order valence-corrected chi connectivity index (χ0v) is 21.3. The van der Waals surface area contributed by atoms with Crippen LogP contribution < -0.4 is 21.2 Å². The van der Waals surface area contributed by atoms with Gasteiger partial charge in [0.25, 0.3) is 0 Å². The summed E-state index contributed by atoms with van der Waals surface area (Å²) in [5.74, 6) is 0. The summed E-state index contributed by atoms with van der Waals surface area (Å²) in [6, 6.07) is 21.6. The number of hydrogen-bond donors (Lipinski definition) is 2. The van der Waals surface area contributed by atoms with E-state index in [4.69, 9.17) is 12.2 Å². The van der Waals surface area contributed by atoms with E-state index in [1.807, 2.05) is 36.4 Å². The van der Waals surface area contributed by atoms with Gasteiger partial charge in [-0.05, 0) is 61.8 Å². The molecule has 0 saturated heterocycles. The van der Waals surface area contributed by atoms with Gasteiger partial charge in [-0.25, -0.2) is 0 Å². The molecule has 2 atom stereocenters. The minimum Gasteiger partial charge on any atom is -0.359 e. The number of halogens is 6. The lowest BCUT2D eigenvalue weighted by Gasteiger charge is -2.39. The second-order valence-corrected chi connectivity index (χ2v) is 11.7. The summed E-state index contributed by atoms with van der Waals surface area (Å²) in [6.07, 6.45) is -6.15. The minimum atomic E-state index is -4.93. The molecule has 0 aliphatic heterocycles. The van der Waals surface area contributed by atoms with E-state index in [1.54, 1.807) is 0 Å². The minimum absolute atomic E-state index is 0.000391. The molecular formula is C27H25F6N2PS. The molecule has 0 amide bonds. The van der Waals surface area contributed by atoms with Crippen molar-refractivity contribution in [3.63, 3.8) is 0 Å². The Morgan fingerprint density at radius 3 is 1.70 bits per heavy atom. The highest BCUT2D eigenvalue weighted by Gasteiger charge is 2.37. The van der Waals surface area contributed by atoms with Crippen LogP contribution in [0, 0.1) is 0 Å². The molecule has 1 saturated carbocycles. The van der Waals surface area contributed by atoms with E-state index in [0.29, 0.717) is 12.1 Å². The summed E-state index contributed by atoms with van der Waals surface area (Å²) in [5.41, 5.74) is -2.96. The molecule has 0 spiro atoms. The van der Waals surface area contributed by atoms with E-state index in [9.17, 15) is 26.3 Å². The highest BCUT2D eigenvalue weighted by Crippen LogP contribution is 2.46. The Kier molecular flexibility index (Phi) is 8.44. The summed E-state index contributed by atoms with van der Waals surface area (Å²) < 4.78 is 79.6. The van der Waals surface area contributed by atoms with E-state index in [0.717, 1.165) is 25.7 Å². The van der Waals surface area contributed by atoms with Crippen molar-refractivity contribution in [1.29, 1.82) is 0 Å². The molecule has 0 heterocycles. The summed E-state index contributed by atoms with van der Waals surface area (Å²) in [7, 11) is -0.787. The Balaban J connectivity index is 1.59. The number of benzene rings is 3. The van der Waals surface area contributed by atoms with Crippen molar-refractivity contribution in [2.24, 2.45) is 0 Å². The van der Waals surface area contributed by atoms with Crippen LogP contribution in [0.5, 0.6) is 0 Å². The summed E-state index contributed by atoms with van der Waals surface area (Å²) in [5, 5.41) is 8.21. The molecule has 37 heavy (non-hydrogen) atoms. The van der Waals surface area contributed by atoms with Crippen molar-refractivity contribution in [3.05, 3.63) is 90.0 Å². The largest absolute Gasteiger partial charge is 0.416 e. The first kappa shape index (κ1) is 27.4. The third-order valence-corrected chi connectivity index (χ3v) is 9.50. The molecule has 3 aromatic carbocycles. The third-order valence-electron chi connectivity index (χ3n) is 6.29. The normalized spacial score (nSPS) is 18.5. The van der Waals surface area contributed by atoms with Crippen LogP contribution in [-0.2, 0) is 12.4 Å². The first-order valence-corrected chi connectivity index (χ1v) is 13.6. The molecule has 10 heteroatoms. The van der Waals surface area contributed by atoms with Gasteiger partial charge in [-0.3, -0.25) is 0 Å². The average Bonchev–Trinajstić information content (AvgIpc) is 2.85. The van der Waals surface area contributed by atoms with Crippen molar-refractivity contribution >= 4 is 41.5 Å². The van der Waals surface area contributed by atoms with Crippen molar-refractivity contribution < 1.29 is 26.3 Å². The van der Waals surface area contributed by atoms with Crippen molar-refractivity contribution in [3.8, 4) is 0 Å². The zero-order valence-electron chi connectivity index (χ0n) is 19.6. The lowest BCUT2D eigenvalue weighted by Crippen LogP contribution is -2.47. The summed E-state index contributed by atoms with van der Waals surface area (Å²) >= 11 is 5.39. The van der Waals surface area contributed by atoms with Gasteiger partial charge in [-0.1, -0.05) is 73.5 Å². The fourth-order valence-electron chi connectivity index (χ4n) is 4.66. The van der Waals surface area contributed by atoms with Crippen LogP contribution in [0.4, 0.5) is 32.0 Å². The fourth-order valence-corrected chi connectivity index (χ4v) is 8.00. The topological polar surface area (TPSA) is 24.1 Å². The first-order valence-electron chi connectivity index (χ1n) is 11.8. The Labute approximate surface area is 218 Å². The van der Waals surface area contributed by atoms with Crippen LogP contribution in [0.3, 0.4) is 0 Å². The Bertz CT molecular complexity index is 1130. The SMILES string of the molecule is FC(F)(F)c1cc(NC(=S)N[C@H]2CCCC[C@@H]2P(c2ccccc2)c2ccccc2)cc(C(F)(F)F)c1. The molecule has 0 aromatic heterocycles. The van der Waals surface area contributed by atoms with Crippen LogP contribution >= 0.6 is 20.1 Å². The van der Waals surface area contributed by atoms with Gasteiger partial charge in [-0.2, -0.15) is 26.3 Å². The van der Waals surface area contributed by atoms with Crippen molar-refractivity contribution in [2.75, 3.05) is 5.32 Å². The summed E-state index contributed by atoms with van der Waals surface area (Å²) in [6.45, 7) is 0. The van der Waals surface area contributed by atoms with Crippen LogP contribution in [0.2, 0.25) is 0 Å². The predicted octanol–water partition coefficient (Wildman–Crippen LogP) is 7.45. The highest BCUT2D eigenvalue weighted by molar-refractivity contribution is 7.80. The molecule has 0 bridgehead atoms. The molecule has 196 valence electrons. The smallest absolute Gasteiger partial charge is 0.359 e. The highest BCUT2D eigenvalue weighted by atomic mass is 32.1. The third kappa shape index (κ3) is 7.02. The number of thiocarbonyl (C=S) groups is 1. The van der Waals surface area contributed by atoms with E-state index in [2.05, 4.69) is 34.9 Å². The quantitative estimate of drug-likeness (QED) is 0.195. The maximum absolute atomic E-state index is 13.3. The van der Waals surface area contributed by atoms with E-state index in [1.165, 1.54) is 10.6 Å². The standard InChI is InChI=1S/C27H25F6N2PS/c28-26(29,30)18-15-19(27(31,32)33)17-20(16-18)34-25(37)35-23-13-7-8-14-24(23)36(21-9-3-1-4-10-21)22-11-5-2-6-12-22/h1-6,9-12,15-17,23-24H,7-8,13-14H2,(H2,34,35,37)/t23-,24-/m0/s1. The van der Waals surface area contributed by atoms with Crippen LogP contribution in [-0.4, -0.2) is 16.8 Å². The molecule has 3 aromatic rings. The van der Waals surface area contributed by atoms with Gasteiger partial charge in [0, 0.05) is 17.4 Å². The molecule has 1 aliphatic rings. The number of rotatable bonds is 5. The lowest BCUT2D eigenvalue weighted by molar-refractivity contribution is -0.143.